The van der Waals surface area contributed by atoms with Gasteiger partial charge in [-0.2, -0.15) is 5.10 Å². The van der Waals surface area contributed by atoms with Crippen LogP contribution in [-0.4, -0.2) is 28.8 Å². The van der Waals surface area contributed by atoms with E-state index < -0.39 is 0 Å². The van der Waals surface area contributed by atoms with Crippen molar-refractivity contribution < 1.29 is 9.53 Å². The predicted molar refractivity (Wildman–Crippen MR) is 112 cm³/mol. The number of hydrogen-bond donors (Lipinski definition) is 1. The summed E-state index contributed by atoms with van der Waals surface area (Å²) in [6.07, 6.45) is 3.78. The number of aryl methyl sites for hydroxylation is 3. The van der Waals surface area contributed by atoms with Crippen molar-refractivity contribution in [3.8, 4) is 16.9 Å². The molecule has 1 amide bonds. The van der Waals surface area contributed by atoms with Crippen LogP contribution in [0.1, 0.15) is 35.0 Å². The Bertz CT molecular complexity index is 929. The molecule has 3 rings (SSSR count). The minimum Gasteiger partial charge on any atom is -0.494 e. The van der Waals surface area contributed by atoms with E-state index in [1.165, 1.54) is 5.56 Å². The van der Waals surface area contributed by atoms with Crippen molar-refractivity contribution >= 4 is 5.91 Å². The molecule has 1 aromatic heterocycles. The molecule has 3 aromatic rings. The summed E-state index contributed by atoms with van der Waals surface area (Å²) in [5.41, 5.74) is 4.92. The maximum atomic E-state index is 12.5. The third kappa shape index (κ3) is 5.00. The Balaban J connectivity index is 1.52. The maximum absolute atomic E-state index is 12.5. The molecule has 0 radical (unpaired) electrons. The summed E-state index contributed by atoms with van der Waals surface area (Å²) in [7, 11) is 1.90. The monoisotopic (exact) mass is 377 g/mol. The van der Waals surface area contributed by atoms with Crippen LogP contribution in [0.15, 0.2) is 54.7 Å². The Hall–Kier alpha value is -3.08. The first-order valence-corrected chi connectivity index (χ1v) is 9.67. The molecule has 0 aliphatic heterocycles. The van der Waals surface area contributed by atoms with Gasteiger partial charge >= 0.3 is 0 Å². The van der Waals surface area contributed by atoms with E-state index in [0.29, 0.717) is 18.7 Å². The van der Waals surface area contributed by atoms with E-state index in [0.717, 1.165) is 35.4 Å². The van der Waals surface area contributed by atoms with Crippen LogP contribution in [0, 0.1) is 6.92 Å². The summed E-state index contributed by atoms with van der Waals surface area (Å²) in [5.74, 6) is 0.846. The Morgan fingerprint density at radius 2 is 1.96 bits per heavy atom. The van der Waals surface area contributed by atoms with Crippen molar-refractivity contribution in [2.45, 2.75) is 26.7 Å². The Kier molecular flexibility index (Phi) is 6.48. The number of nitrogens with one attached hydrogen (secondary N) is 1. The number of aromatic nitrogens is 2. The van der Waals surface area contributed by atoms with Crippen molar-refractivity contribution in [3.63, 3.8) is 0 Å². The molecular weight excluding hydrogens is 350 g/mol. The number of amides is 1. The molecule has 28 heavy (non-hydrogen) atoms. The summed E-state index contributed by atoms with van der Waals surface area (Å²) in [6.45, 7) is 5.27. The lowest BCUT2D eigenvalue weighted by Gasteiger charge is -2.08. The molecule has 0 aliphatic rings. The number of carbonyl (C=O) groups is 1. The quantitative estimate of drug-likeness (QED) is 0.600. The fourth-order valence-corrected chi connectivity index (χ4v) is 3.23. The van der Waals surface area contributed by atoms with Crippen LogP contribution in [0.5, 0.6) is 5.75 Å². The number of carbonyl (C=O) groups excluding carboxylic acids is 1. The number of nitrogens with zero attached hydrogens (tertiary/aromatic N) is 2. The highest BCUT2D eigenvalue weighted by molar-refractivity contribution is 5.95. The van der Waals surface area contributed by atoms with Crippen molar-refractivity contribution in [1.29, 1.82) is 0 Å². The zero-order chi connectivity index (χ0) is 19.9. The zero-order valence-electron chi connectivity index (χ0n) is 16.7. The molecule has 0 bridgehead atoms. The summed E-state index contributed by atoms with van der Waals surface area (Å²) in [4.78, 5) is 12.5. The average molecular weight is 377 g/mol. The number of benzene rings is 2. The lowest BCUT2D eigenvalue weighted by molar-refractivity contribution is 0.0953. The third-order valence-electron chi connectivity index (χ3n) is 4.61. The number of hydrogen-bond acceptors (Lipinski definition) is 3. The van der Waals surface area contributed by atoms with Crippen LogP contribution in [0.3, 0.4) is 0 Å². The van der Waals surface area contributed by atoms with Crippen molar-refractivity contribution in [3.05, 3.63) is 71.5 Å². The average Bonchev–Trinajstić information content (AvgIpc) is 3.05. The Labute approximate surface area is 166 Å². The van der Waals surface area contributed by atoms with Gasteiger partial charge in [-0.05, 0) is 62.1 Å². The van der Waals surface area contributed by atoms with Crippen LogP contribution in [0.2, 0.25) is 0 Å². The summed E-state index contributed by atoms with van der Waals surface area (Å²) >= 11 is 0. The highest BCUT2D eigenvalue weighted by atomic mass is 16.5. The van der Waals surface area contributed by atoms with Gasteiger partial charge in [-0.3, -0.25) is 9.48 Å². The predicted octanol–water partition coefficient (Wildman–Crippen LogP) is 4.16. The SMILES string of the molecule is CCOc1ccc(CCCNC(=O)c2cccc(-c3cn(C)nc3C)c2)cc1. The molecular formula is C23H27N3O2. The van der Waals surface area contributed by atoms with Gasteiger partial charge in [0.2, 0.25) is 0 Å². The van der Waals surface area contributed by atoms with Crippen LogP contribution >= 0.6 is 0 Å². The molecule has 0 spiro atoms. The zero-order valence-corrected chi connectivity index (χ0v) is 16.7. The molecule has 5 heteroatoms. The molecule has 0 unspecified atom stereocenters. The van der Waals surface area contributed by atoms with E-state index in [2.05, 4.69) is 22.5 Å². The topological polar surface area (TPSA) is 56.1 Å². The second-order valence-electron chi connectivity index (χ2n) is 6.82. The second kappa shape index (κ2) is 9.22. The van der Waals surface area contributed by atoms with E-state index in [-0.39, 0.29) is 5.91 Å². The standard InChI is InChI=1S/C23H27N3O2/c1-4-28-21-12-10-18(11-13-21)7-6-14-24-23(27)20-9-5-8-19(15-20)22-16-26(3)25-17(22)2/h5,8-13,15-16H,4,6-7,14H2,1-3H3,(H,24,27). The van der Waals surface area contributed by atoms with Crippen molar-refractivity contribution in [1.82, 2.24) is 15.1 Å². The molecule has 1 N–H and O–H groups in total. The lowest BCUT2D eigenvalue weighted by atomic mass is 10.0. The van der Waals surface area contributed by atoms with Gasteiger partial charge in [0.25, 0.3) is 5.91 Å². The minimum absolute atomic E-state index is 0.0462. The van der Waals surface area contributed by atoms with Crippen LogP contribution in [-0.2, 0) is 13.5 Å². The van der Waals surface area contributed by atoms with Crippen LogP contribution in [0.4, 0.5) is 0 Å². The van der Waals surface area contributed by atoms with Crippen LogP contribution < -0.4 is 10.1 Å². The molecule has 0 saturated carbocycles. The first kappa shape index (κ1) is 19.7. The lowest BCUT2D eigenvalue weighted by Crippen LogP contribution is -2.24. The maximum Gasteiger partial charge on any atom is 0.251 e. The summed E-state index contributed by atoms with van der Waals surface area (Å²) in [5, 5.41) is 7.39. The van der Waals surface area contributed by atoms with Crippen LogP contribution in [0.25, 0.3) is 11.1 Å². The summed E-state index contributed by atoms with van der Waals surface area (Å²) < 4.78 is 7.24. The van der Waals surface area contributed by atoms with Gasteiger partial charge < -0.3 is 10.1 Å². The van der Waals surface area contributed by atoms with E-state index in [1.54, 1.807) is 4.68 Å². The third-order valence-corrected chi connectivity index (χ3v) is 4.61. The Morgan fingerprint density at radius 3 is 2.64 bits per heavy atom. The van der Waals surface area contributed by atoms with Gasteiger partial charge in [-0.1, -0.05) is 24.3 Å². The van der Waals surface area contributed by atoms with Crippen molar-refractivity contribution in [2.75, 3.05) is 13.2 Å². The molecule has 146 valence electrons. The van der Waals surface area contributed by atoms with E-state index in [1.807, 2.05) is 63.5 Å². The fourth-order valence-electron chi connectivity index (χ4n) is 3.23. The Morgan fingerprint density at radius 1 is 1.18 bits per heavy atom. The molecule has 0 atom stereocenters. The molecule has 5 nitrogen and oxygen atoms in total. The second-order valence-corrected chi connectivity index (χ2v) is 6.82. The van der Waals surface area contributed by atoms with E-state index in [4.69, 9.17) is 4.74 Å². The van der Waals surface area contributed by atoms with E-state index >= 15 is 0 Å². The van der Waals surface area contributed by atoms with Gasteiger partial charge in [-0.25, -0.2) is 0 Å². The van der Waals surface area contributed by atoms with Gasteiger partial charge in [0.05, 0.1) is 12.3 Å². The smallest absolute Gasteiger partial charge is 0.251 e. The highest BCUT2D eigenvalue weighted by Crippen LogP contribution is 2.23. The molecule has 2 aromatic carbocycles. The highest BCUT2D eigenvalue weighted by Gasteiger charge is 2.10. The minimum atomic E-state index is -0.0462. The van der Waals surface area contributed by atoms with E-state index in [9.17, 15) is 4.79 Å². The largest absolute Gasteiger partial charge is 0.494 e. The normalized spacial score (nSPS) is 10.7. The van der Waals surface area contributed by atoms with Gasteiger partial charge in [0, 0.05) is 30.9 Å². The van der Waals surface area contributed by atoms with Gasteiger partial charge in [-0.15, -0.1) is 0 Å². The number of rotatable bonds is 8. The first-order valence-electron chi connectivity index (χ1n) is 9.67. The van der Waals surface area contributed by atoms with Crippen molar-refractivity contribution in [2.24, 2.45) is 7.05 Å². The molecule has 1 heterocycles. The van der Waals surface area contributed by atoms with Gasteiger partial charge in [0.1, 0.15) is 5.75 Å². The first-order chi connectivity index (χ1) is 13.6. The molecule has 0 saturated heterocycles. The fraction of sp³-hybridized carbons (Fsp3) is 0.304. The molecule has 0 fully saturated rings. The summed E-state index contributed by atoms with van der Waals surface area (Å²) in [6, 6.07) is 15.8. The molecule has 0 aliphatic carbocycles. The number of ether oxygens (including phenoxy) is 1. The van der Waals surface area contributed by atoms with Gasteiger partial charge in [0.15, 0.2) is 0 Å².